The Morgan fingerprint density at radius 2 is 1.96 bits per heavy atom. The van der Waals surface area contributed by atoms with Crippen LogP contribution in [0, 0.1) is 11.3 Å². The minimum absolute atomic E-state index is 0.178. The first-order valence-electron chi connectivity index (χ1n) is 11.0. The van der Waals surface area contributed by atoms with Gasteiger partial charge in [-0.15, -0.1) is 0 Å². The second-order valence-electron chi connectivity index (χ2n) is 9.13. The fraction of sp³-hybridized carbons (Fsp3) is 0.696. The molecule has 1 aliphatic carbocycles. The number of fused-ring (bicyclic) bond motifs is 1. The number of ether oxygens (including phenoxy) is 1. The molecule has 2 unspecified atom stereocenters. The summed E-state index contributed by atoms with van der Waals surface area (Å²) in [4.78, 5) is 15.7. The molecule has 3 fully saturated rings. The van der Waals surface area contributed by atoms with Crippen LogP contribution in [0.1, 0.15) is 50.7 Å². The quantitative estimate of drug-likeness (QED) is 0.818. The Kier molecular flexibility index (Phi) is 6.04. The van der Waals surface area contributed by atoms with Gasteiger partial charge in [-0.1, -0.05) is 37.1 Å². The Morgan fingerprint density at radius 3 is 2.75 bits per heavy atom. The van der Waals surface area contributed by atoms with Crippen LogP contribution in [0.3, 0.4) is 0 Å². The number of carbonyl (C=O) groups is 1. The van der Waals surface area contributed by atoms with Gasteiger partial charge in [-0.25, -0.2) is 0 Å². The van der Waals surface area contributed by atoms with Crippen molar-refractivity contribution in [2.24, 2.45) is 11.3 Å². The van der Waals surface area contributed by atoms with Gasteiger partial charge in [0.15, 0.2) is 0 Å². The Balaban J connectivity index is 1.41. The van der Waals surface area contributed by atoms with Crippen LogP contribution in [-0.2, 0) is 22.6 Å². The lowest BCUT2D eigenvalue weighted by molar-refractivity contribution is -0.134. The zero-order valence-corrected chi connectivity index (χ0v) is 17.4. The van der Waals surface area contributed by atoms with Gasteiger partial charge in [0, 0.05) is 32.7 Å². The van der Waals surface area contributed by atoms with E-state index in [-0.39, 0.29) is 23.5 Å². The molecule has 1 saturated carbocycles. The van der Waals surface area contributed by atoms with E-state index in [1.165, 1.54) is 30.4 Å². The summed E-state index contributed by atoms with van der Waals surface area (Å²) in [6.45, 7) is 9.59. The first-order valence-corrected chi connectivity index (χ1v) is 11.0. The molecule has 0 radical (unpaired) electrons. The summed E-state index contributed by atoms with van der Waals surface area (Å²) in [7, 11) is 0. The molecule has 1 aromatic rings. The van der Waals surface area contributed by atoms with Gasteiger partial charge in [-0.05, 0) is 50.3 Å². The maximum Gasteiger partial charge on any atom is 0.228 e. The van der Waals surface area contributed by atoms with Gasteiger partial charge >= 0.3 is 0 Å². The Hall–Kier alpha value is -1.43. The third kappa shape index (κ3) is 4.12. The van der Waals surface area contributed by atoms with E-state index in [1.54, 1.807) is 0 Å². The van der Waals surface area contributed by atoms with E-state index >= 15 is 0 Å². The fourth-order valence-electron chi connectivity index (χ4n) is 5.58. The number of hydrogen-bond donors (Lipinski definition) is 2. The molecule has 2 aliphatic heterocycles. The zero-order chi connectivity index (χ0) is 19.6. The van der Waals surface area contributed by atoms with Gasteiger partial charge in [-0.2, -0.15) is 0 Å². The molecule has 5 nitrogen and oxygen atoms in total. The summed E-state index contributed by atoms with van der Waals surface area (Å²) in [6.07, 6.45) is 5.20. The molecule has 2 heterocycles. The van der Waals surface area contributed by atoms with Gasteiger partial charge in [0.25, 0.3) is 0 Å². The number of amides is 1. The third-order valence-corrected chi connectivity index (χ3v) is 6.94. The van der Waals surface area contributed by atoms with Gasteiger partial charge in [-0.3, -0.25) is 9.69 Å². The van der Waals surface area contributed by atoms with Crippen molar-refractivity contribution in [3.63, 3.8) is 0 Å². The summed E-state index contributed by atoms with van der Waals surface area (Å²) in [5, 5.41) is 6.78. The molecule has 5 heteroatoms. The minimum Gasteiger partial charge on any atom is -0.373 e. The monoisotopic (exact) mass is 385 g/mol. The smallest absolute Gasteiger partial charge is 0.228 e. The van der Waals surface area contributed by atoms with E-state index in [1.807, 2.05) is 0 Å². The molecule has 0 spiro atoms. The predicted molar refractivity (Wildman–Crippen MR) is 111 cm³/mol. The first-order chi connectivity index (χ1) is 13.6. The third-order valence-electron chi connectivity index (χ3n) is 6.94. The van der Waals surface area contributed by atoms with E-state index in [4.69, 9.17) is 4.74 Å². The van der Waals surface area contributed by atoms with Crippen LogP contribution in [0.5, 0.6) is 0 Å². The van der Waals surface area contributed by atoms with Crippen LogP contribution in [-0.4, -0.2) is 49.2 Å². The number of carbonyl (C=O) groups excluding carboxylic acids is 1. The van der Waals surface area contributed by atoms with Crippen molar-refractivity contribution < 1.29 is 9.53 Å². The van der Waals surface area contributed by atoms with Crippen LogP contribution >= 0.6 is 0 Å². The largest absolute Gasteiger partial charge is 0.373 e. The molecule has 0 aromatic heterocycles. The first kappa shape index (κ1) is 19.9. The van der Waals surface area contributed by atoms with Crippen molar-refractivity contribution in [3.05, 3.63) is 35.4 Å². The fourth-order valence-corrected chi connectivity index (χ4v) is 5.58. The number of nitrogens with zero attached hydrogens (tertiary/aromatic N) is 1. The molecule has 1 aromatic carbocycles. The van der Waals surface area contributed by atoms with Crippen LogP contribution in [0.2, 0.25) is 0 Å². The molecule has 4 atom stereocenters. The van der Waals surface area contributed by atoms with Crippen LogP contribution in [0.15, 0.2) is 24.3 Å². The van der Waals surface area contributed by atoms with E-state index in [0.717, 1.165) is 39.1 Å². The summed E-state index contributed by atoms with van der Waals surface area (Å²) in [5.41, 5.74) is 2.37. The normalized spacial score (nSPS) is 33.4. The Morgan fingerprint density at radius 1 is 1.21 bits per heavy atom. The molecule has 1 amide bonds. The molecule has 0 bridgehead atoms. The molecule has 28 heavy (non-hydrogen) atoms. The summed E-state index contributed by atoms with van der Waals surface area (Å²) in [5.74, 6) is 0.762. The van der Waals surface area contributed by atoms with Crippen molar-refractivity contribution in [1.29, 1.82) is 0 Å². The second kappa shape index (κ2) is 8.52. The highest BCUT2D eigenvalue weighted by Crippen LogP contribution is 2.43. The van der Waals surface area contributed by atoms with Crippen molar-refractivity contribution in [2.75, 3.05) is 26.2 Å². The van der Waals surface area contributed by atoms with Crippen molar-refractivity contribution in [2.45, 2.75) is 64.8 Å². The molecular formula is C23H35N3O2. The van der Waals surface area contributed by atoms with Crippen molar-refractivity contribution >= 4 is 5.91 Å². The van der Waals surface area contributed by atoms with Gasteiger partial charge in [0.1, 0.15) is 0 Å². The second-order valence-corrected chi connectivity index (χ2v) is 9.13. The lowest BCUT2D eigenvalue weighted by Gasteiger charge is -2.37. The summed E-state index contributed by atoms with van der Waals surface area (Å²) < 4.78 is 5.87. The Bertz CT molecular complexity index is 684. The van der Waals surface area contributed by atoms with E-state index in [0.29, 0.717) is 12.5 Å². The van der Waals surface area contributed by atoms with Crippen molar-refractivity contribution in [1.82, 2.24) is 15.5 Å². The van der Waals surface area contributed by atoms with Crippen LogP contribution in [0.4, 0.5) is 0 Å². The highest BCUT2D eigenvalue weighted by molar-refractivity contribution is 5.83. The molecule has 154 valence electrons. The van der Waals surface area contributed by atoms with Crippen LogP contribution in [0.25, 0.3) is 0 Å². The van der Waals surface area contributed by atoms with E-state index in [9.17, 15) is 4.79 Å². The predicted octanol–water partition coefficient (Wildman–Crippen LogP) is 2.69. The minimum atomic E-state index is -0.178. The van der Waals surface area contributed by atoms with Gasteiger partial charge in [0.05, 0.1) is 17.6 Å². The van der Waals surface area contributed by atoms with Crippen molar-refractivity contribution in [3.8, 4) is 0 Å². The number of rotatable bonds is 5. The zero-order valence-electron chi connectivity index (χ0n) is 17.4. The van der Waals surface area contributed by atoms with Crippen LogP contribution < -0.4 is 10.6 Å². The SMILES string of the molecule is CC1CN(Cc2ccccc2CNC(=O)[C@@]23CCCC[C@H]2CNC3)CC(C)O1. The maximum atomic E-state index is 13.2. The number of nitrogens with one attached hydrogen (secondary N) is 2. The lowest BCUT2D eigenvalue weighted by Crippen LogP contribution is -2.47. The number of hydrogen-bond acceptors (Lipinski definition) is 4. The number of morpholine rings is 1. The topological polar surface area (TPSA) is 53.6 Å². The molecular weight excluding hydrogens is 350 g/mol. The molecule has 3 aliphatic rings. The number of benzene rings is 1. The average Bonchev–Trinajstić information content (AvgIpc) is 3.11. The van der Waals surface area contributed by atoms with E-state index in [2.05, 4.69) is 53.6 Å². The lowest BCUT2D eigenvalue weighted by atomic mass is 9.67. The summed E-state index contributed by atoms with van der Waals surface area (Å²) in [6, 6.07) is 8.54. The molecule has 2 saturated heterocycles. The highest BCUT2D eigenvalue weighted by Gasteiger charge is 2.49. The standard InChI is InChI=1S/C23H35N3O2/c1-17-13-26(14-18(2)28-17)15-20-8-4-3-7-19(20)11-25-22(27)23-10-6-5-9-21(23)12-24-16-23/h3-4,7-8,17-18,21,24H,5-6,9-16H2,1-2H3,(H,25,27)/t17?,18?,21-,23+/m0/s1. The van der Waals surface area contributed by atoms with Gasteiger partial charge < -0.3 is 15.4 Å². The molecule has 2 N–H and O–H groups in total. The summed E-state index contributed by atoms with van der Waals surface area (Å²) >= 11 is 0. The highest BCUT2D eigenvalue weighted by atomic mass is 16.5. The van der Waals surface area contributed by atoms with Gasteiger partial charge in [0.2, 0.25) is 5.91 Å². The average molecular weight is 386 g/mol. The van der Waals surface area contributed by atoms with E-state index < -0.39 is 0 Å². The maximum absolute atomic E-state index is 13.2. The molecule has 4 rings (SSSR count). The Labute approximate surface area is 169 Å².